The highest BCUT2D eigenvalue weighted by Crippen LogP contribution is 2.30. The molecule has 1 aromatic rings. The maximum absolute atomic E-state index is 5.63. The molecule has 1 atom stereocenters. The molecule has 80 valence electrons. The lowest BCUT2D eigenvalue weighted by atomic mass is 9.94. The molecule has 0 saturated carbocycles. The predicted molar refractivity (Wildman–Crippen MR) is 60.5 cm³/mol. The molecule has 0 bridgehead atoms. The Balaban J connectivity index is 1.89. The lowest BCUT2D eigenvalue weighted by Gasteiger charge is -2.19. The average Bonchev–Trinajstić information content (AvgIpc) is 2.82. The van der Waals surface area contributed by atoms with Crippen molar-refractivity contribution in [2.24, 2.45) is 0 Å². The van der Waals surface area contributed by atoms with Crippen molar-refractivity contribution in [3.8, 4) is 5.75 Å². The first-order valence-corrected chi connectivity index (χ1v) is 5.90. The Labute approximate surface area is 90.6 Å². The van der Waals surface area contributed by atoms with Gasteiger partial charge in [-0.1, -0.05) is 12.1 Å². The maximum Gasteiger partial charge on any atom is 0.122 e. The van der Waals surface area contributed by atoms with Gasteiger partial charge < -0.3 is 10.1 Å². The standard InChI is InChI=1S/C13H17NO/c1-2-11-8-10(12-5-6-14-9-12)3-4-13(11)15-7-1/h3-4,8,12,14H,1-2,5-7,9H2. The Kier molecular flexibility index (Phi) is 2.37. The van der Waals surface area contributed by atoms with Crippen molar-refractivity contribution in [2.75, 3.05) is 19.7 Å². The predicted octanol–water partition coefficient (Wildman–Crippen LogP) is 2.09. The summed E-state index contributed by atoms with van der Waals surface area (Å²) < 4.78 is 5.63. The fourth-order valence-corrected chi connectivity index (χ4v) is 2.57. The second-order valence-corrected chi connectivity index (χ2v) is 4.51. The summed E-state index contributed by atoms with van der Waals surface area (Å²) in [6.07, 6.45) is 3.63. The van der Waals surface area contributed by atoms with E-state index in [1.165, 1.54) is 30.4 Å². The second-order valence-electron chi connectivity index (χ2n) is 4.51. The summed E-state index contributed by atoms with van der Waals surface area (Å²) in [5, 5.41) is 3.42. The van der Waals surface area contributed by atoms with Gasteiger partial charge in [0.25, 0.3) is 0 Å². The van der Waals surface area contributed by atoms with Crippen LogP contribution in [0.1, 0.15) is 29.9 Å². The van der Waals surface area contributed by atoms with Crippen LogP contribution in [0.3, 0.4) is 0 Å². The number of fused-ring (bicyclic) bond motifs is 1. The molecule has 2 heterocycles. The summed E-state index contributed by atoms with van der Waals surface area (Å²) in [6, 6.07) is 6.75. The molecule has 0 amide bonds. The van der Waals surface area contributed by atoms with Crippen molar-refractivity contribution in [3.05, 3.63) is 29.3 Å². The van der Waals surface area contributed by atoms with Gasteiger partial charge in [0, 0.05) is 6.54 Å². The minimum absolute atomic E-state index is 0.720. The van der Waals surface area contributed by atoms with Crippen LogP contribution in [-0.4, -0.2) is 19.7 Å². The van der Waals surface area contributed by atoms with Crippen LogP contribution in [0.4, 0.5) is 0 Å². The van der Waals surface area contributed by atoms with Crippen LogP contribution < -0.4 is 10.1 Å². The third kappa shape index (κ3) is 1.74. The zero-order valence-corrected chi connectivity index (χ0v) is 8.96. The minimum atomic E-state index is 0.720. The van der Waals surface area contributed by atoms with E-state index in [0.717, 1.165) is 31.4 Å². The third-order valence-electron chi connectivity index (χ3n) is 3.46. The molecule has 3 rings (SSSR count). The maximum atomic E-state index is 5.63. The number of ether oxygens (including phenoxy) is 1. The number of rotatable bonds is 1. The van der Waals surface area contributed by atoms with Crippen LogP contribution in [0.15, 0.2) is 18.2 Å². The quantitative estimate of drug-likeness (QED) is 0.754. The van der Waals surface area contributed by atoms with Crippen LogP contribution in [-0.2, 0) is 6.42 Å². The molecule has 2 heteroatoms. The molecule has 15 heavy (non-hydrogen) atoms. The van der Waals surface area contributed by atoms with E-state index < -0.39 is 0 Å². The van der Waals surface area contributed by atoms with Crippen LogP contribution in [0.25, 0.3) is 0 Å². The summed E-state index contributed by atoms with van der Waals surface area (Å²) in [4.78, 5) is 0. The molecule has 2 aliphatic heterocycles. The van der Waals surface area contributed by atoms with E-state index in [9.17, 15) is 0 Å². The van der Waals surface area contributed by atoms with Crippen molar-refractivity contribution in [3.63, 3.8) is 0 Å². The molecule has 1 aromatic carbocycles. The number of hydrogen-bond acceptors (Lipinski definition) is 2. The van der Waals surface area contributed by atoms with Gasteiger partial charge in [-0.05, 0) is 48.9 Å². The average molecular weight is 203 g/mol. The normalized spacial score (nSPS) is 24.7. The lowest BCUT2D eigenvalue weighted by molar-refractivity contribution is 0.288. The highest BCUT2D eigenvalue weighted by atomic mass is 16.5. The van der Waals surface area contributed by atoms with Crippen molar-refractivity contribution in [1.29, 1.82) is 0 Å². The zero-order chi connectivity index (χ0) is 10.1. The molecular weight excluding hydrogens is 186 g/mol. The molecule has 0 radical (unpaired) electrons. The molecular formula is C13H17NO. The van der Waals surface area contributed by atoms with E-state index in [2.05, 4.69) is 23.5 Å². The fraction of sp³-hybridized carbons (Fsp3) is 0.538. The Morgan fingerprint density at radius 2 is 2.33 bits per heavy atom. The summed E-state index contributed by atoms with van der Waals surface area (Å²) >= 11 is 0. The van der Waals surface area contributed by atoms with Gasteiger partial charge in [0.2, 0.25) is 0 Å². The molecule has 0 aliphatic carbocycles. The molecule has 2 aliphatic rings. The highest BCUT2D eigenvalue weighted by Gasteiger charge is 2.18. The van der Waals surface area contributed by atoms with Gasteiger partial charge in [-0.3, -0.25) is 0 Å². The fourth-order valence-electron chi connectivity index (χ4n) is 2.57. The Morgan fingerprint density at radius 3 is 3.20 bits per heavy atom. The highest BCUT2D eigenvalue weighted by molar-refractivity contribution is 5.40. The van der Waals surface area contributed by atoms with Crippen LogP contribution in [0, 0.1) is 0 Å². The first-order chi connectivity index (χ1) is 7.43. The van der Waals surface area contributed by atoms with E-state index in [4.69, 9.17) is 4.74 Å². The summed E-state index contributed by atoms with van der Waals surface area (Å²) in [6.45, 7) is 3.19. The van der Waals surface area contributed by atoms with E-state index in [0.29, 0.717) is 0 Å². The number of hydrogen-bond donors (Lipinski definition) is 1. The molecule has 1 unspecified atom stereocenters. The van der Waals surface area contributed by atoms with Gasteiger partial charge in [0.05, 0.1) is 6.61 Å². The van der Waals surface area contributed by atoms with Gasteiger partial charge in [0.15, 0.2) is 0 Å². The summed E-state index contributed by atoms with van der Waals surface area (Å²) in [7, 11) is 0. The van der Waals surface area contributed by atoms with E-state index in [1.807, 2.05) is 0 Å². The van der Waals surface area contributed by atoms with Crippen molar-refractivity contribution in [2.45, 2.75) is 25.2 Å². The van der Waals surface area contributed by atoms with Crippen molar-refractivity contribution < 1.29 is 4.74 Å². The molecule has 0 aromatic heterocycles. The van der Waals surface area contributed by atoms with Gasteiger partial charge >= 0.3 is 0 Å². The lowest BCUT2D eigenvalue weighted by Crippen LogP contribution is -2.11. The minimum Gasteiger partial charge on any atom is -0.493 e. The Morgan fingerprint density at radius 1 is 1.33 bits per heavy atom. The van der Waals surface area contributed by atoms with Gasteiger partial charge in [-0.25, -0.2) is 0 Å². The molecule has 0 spiro atoms. The number of nitrogens with one attached hydrogen (secondary N) is 1. The monoisotopic (exact) mass is 203 g/mol. The first-order valence-electron chi connectivity index (χ1n) is 5.90. The molecule has 1 saturated heterocycles. The third-order valence-corrected chi connectivity index (χ3v) is 3.46. The number of benzene rings is 1. The second kappa shape index (κ2) is 3.86. The summed E-state index contributed by atoms with van der Waals surface area (Å²) in [5.74, 6) is 1.83. The van der Waals surface area contributed by atoms with E-state index in [-0.39, 0.29) is 0 Å². The molecule has 2 nitrogen and oxygen atoms in total. The van der Waals surface area contributed by atoms with Gasteiger partial charge in [-0.15, -0.1) is 0 Å². The van der Waals surface area contributed by atoms with Crippen molar-refractivity contribution >= 4 is 0 Å². The molecule has 1 fully saturated rings. The van der Waals surface area contributed by atoms with E-state index in [1.54, 1.807) is 0 Å². The molecule has 1 N–H and O–H groups in total. The number of aryl methyl sites for hydroxylation is 1. The van der Waals surface area contributed by atoms with Crippen LogP contribution >= 0.6 is 0 Å². The SMILES string of the molecule is c1cc2c(cc1C1CCNC1)CCCO2. The van der Waals surface area contributed by atoms with E-state index >= 15 is 0 Å². The zero-order valence-electron chi connectivity index (χ0n) is 8.96. The van der Waals surface area contributed by atoms with Gasteiger partial charge in [-0.2, -0.15) is 0 Å². The topological polar surface area (TPSA) is 21.3 Å². The first kappa shape index (κ1) is 9.22. The Bertz CT molecular complexity index is 356. The smallest absolute Gasteiger partial charge is 0.122 e. The van der Waals surface area contributed by atoms with Crippen LogP contribution in [0.2, 0.25) is 0 Å². The van der Waals surface area contributed by atoms with Crippen LogP contribution in [0.5, 0.6) is 5.75 Å². The summed E-state index contributed by atoms with van der Waals surface area (Å²) in [5.41, 5.74) is 2.90. The van der Waals surface area contributed by atoms with Crippen molar-refractivity contribution in [1.82, 2.24) is 5.32 Å². The Hall–Kier alpha value is -1.02. The largest absolute Gasteiger partial charge is 0.493 e. The van der Waals surface area contributed by atoms with Gasteiger partial charge in [0.1, 0.15) is 5.75 Å².